The minimum absolute atomic E-state index is 0.173. The number of likely N-dealkylation sites (tertiary alicyclic amines) is 1. The van der Waals surface area contributed by atoms with Crippen molar-refractivity contribution in [3.05, 3.63) is 0 Å². The number of nitrogens with zero attached hydrogens (tertiary/aromatic N) is 1. The van der Waals surface area contributed by atoms with Crippen molar-refractivity contribution in [2.24, 2.45) is 11.8 Å². The van der Waals surface area contributed by atoms with Gasteiger partial charge in [-0.05, 0) is 20.8 Å². The molecule has 0 radical (unpaired) electrons. The Bertz CT molecular complexity index is 247. The van der Waals surface area contributed by atoms with Crippen molar-refractivity contribution in [1.82, 2.24) is 4.90 Å². The molecule has 1 saturated heterocycles. The van der Waals surface area contributed by atoms with Gasteiger partial charge in [-0.25, -0.2) is 4.79 Å². The quantitative estimate of drug-likeness (QED) is 0.629. The first-order valence-electron chi connectivity index (χ1n) is 5.04. The first-order valence-corrected chi connectivity index (χ1v) is 5.04. The van der Waals surface area contributed by atoms with Crippen molar-refractivity contribution in [3.8, 4) is 0 Å². The van der Waals surface area contributed by atoms with Gasteiger partial charge in [-0.1, -0.05) is 0 Å². The van der Waals surface area contributed by atoms with Gasteiger partial charge in [0.15, 0.2) is 0 Å². The van der Waals surface area contributed by atoms with Crippen LogP contribution in [0.2, 0.25) is 0 Å². The topological polar surface area (TPSA) is 49.8 Å². The molecule has 0 spiro atoms. The number of fused-ring (bicyclic) bond motifs is 1. The number of aliphatic hydroxyl groups excluding tert-OH is 1. The molecular formula is C10H17NO3. The normalized spacial score (nSPS) is 35.4. The molecule has 0 aromatic carbocycles. The Kier molecular flexibility index (Phi) is 2.00. The average molecular weight is 199 g/mol. The van der Waals surface area contributed by atoms with E-state index in [1.807, 2.05) is 20.8 Å². The number of hydrogen-bond acceptors (Lipinski definition) is 3. The molecule has 1 amide bonds. The van der Waals surface area contributed by atoms with E-state index in [2.05, 4.69) is 0 Å². The van der Waals surface area contributed by atoms with Crippen LogP contribution in [0, 0.1) is 11.8 Å². The molecule has 1 saturated carbocycles. The van der Waals surface area contributed by atoms with Crippen LogP contribution in [0.15, 0.2) is 0 Å². The number of aliphatic hydroxyl groups is 1. The SMILES string of the molecule is CC(C)(C)OC(=O)N1C[C@@H]2[C@@H](O)[C@@H]2C1. The molecule has 0 aromatic rings. The van der Waals surface area contributed by atoms with Gasteiger partial charge in [-0.2, -0.15) is 0 Å². The van der Waals surface area contributed by atoms with E-state index in [1.165, 1.54) is 0 Å². The fourth-order valence-corrected chi connectivity index (χ4v) is 1.97. The van der Waals surface area contributed by atoms with Crippen LogP contribution in [0.25, 0.3) is 0 Å². The van der Waals surface area contributed by atoms with Crippen LogP contribution in [0.4, 0.5) is 4.79 Å². The highest BCUT2D eigenvalue weighted by Crippen LogP contribution is 2.45. The Morgan fingerprint density at radius 3 is 2.29 bits per heavy atom. The zero-order chi connectivity index (χ0) is 10.5. The lowest BCUT2D eigenvalue weighted by atomic mass is 10.2. The molecule has 1 N–H and O–H groups in total. The van der Waals surface area contributed by atoms with Crippen LogP contribution in [0.3, 0.4) is 0 Å². The summed E-state index contributed by atoms with van der Waals surface area (Å²) in [6.07, 6.45) is -0.425. The maximum absolute atomic E-state index is 11.6. The Morgan fingerprint density at radius 2 is 1.86 bits per heavy atom. The van der Waals surface area contributed by atoms with Crippen LogP contribution < -0.4 is 0 Å². The molecule has 4 nitrogen and oxygen atoms in total. The Balaban J connectivity index is 1.84. The highest BCUT2D eigenvalue weighted by atomic mass is 16.6. The summed E-state index contributed by atoms with van der Waals surface area (Å²) < 4.78 is 5.23. The van der Waals surface area contributed by atoms with Crippen LogP contribution in [0.5, 0.6) is 0 Å². The number of hydrogen-bond donors (Lipinski definition) is 1. The Hall–Kier alpha value is -0.770. The van der Waals surface area contributed by atoms with Crippen LogP contribution in [-0.2, 0) is 4.74 Å². The Labute approximate surface area is 83.8 Å². The summed E-state index contributed by atoms with van der Waals surface area (Å²) in [5.41, 5.74) is -0.428. The van der Waals surface area contributed by atoms with Crippen molar-refractivity contribution in [2.45, 2.75) is 32.5 Å². The summed E-state index contributed by atoms with van der Waals surface area (Å²) in [6.45, 7) is 6.88. The maximum atomic E-state index is 11.6. The molecule has 4 heteroatoms. The van der Waals surface area contributed by atoms with E-state index in [4.69, 9.17) is 4.74 Å². The smallest absolute Gasteiger partial charge is 0.410 e. The van der Waals surface area contributed by atoms with Gasteiger partial charge < -0.3 is 14.7 Å². The minimum Gasteiger partial charge on any atom is -0.444 e. The van der Waals surface area contributed by atoms with E-state index in [9.17, 15) is 9.90 Å². The number of carbonyl (C=O) groups is 1. The number of piperidine rings is 1. The third-order valence-corrected chi connectivity index (χ3v) is 2.80. The van der Waals surface area contributed by atoms with E-state index < -0.39 is 5.60 Å². The first-order chi connectivity index (χ1) is 6.38. The summed E-state index contributed by atoms with van der Waals surface area (Å²) in [4.78, 5) is 13.2. The van der Waals surface area contributed by atoms with Gasteiger partial charge in [0.2, 0.25) is 0 Å². The molecule has 3 atom stereocenters. The summed E-state index contributed by atoms with van der Waals surface area (Å²) in [5, 5.41) is 9.30. The predicted octanol–water partition coefficient (Wildman–Crippen LogP) is 0.844. The zero-order valence-corrected chi connectivity index (χ0v) is 8.86. The molecule has 2 fully saturated rings. The standard InChI is InChI=1S/C10H17NO3/c1-10(2,3)14-9(13)11-4-6-7(5-11)8(6)12/h6-8,12H,4-5H2,1-3H3/t6-,7+,8+. The number of rotatable bonds is 0. The van der Waals surface area contributed by atoms with Gasteiger partial charge in [-0.15, -0.1) is 0 Å². The molecule has 14 heavy (non-hydrogen) atoms. The van der Waals surface area contributed by atoms with E-state index >= 15 is 0 Å². The molecule has 1 heterocycles. The van der Waals surface area contributed by atoms with E-state index in [0.29, 0.717) is 24.9 Å². The molecule has 0 bridgehead atoms. The molecule has 0 aromatic heterocycles. The summed E-state index contributed by atoms with van der Waals surface area (Å²) in [5.74, 6) is 0.616. The van der Waals surface area contributed by atoms with Crippen LogP contribution in [-0.4, -0.2) is 40.9 Å². The lowest BCUT2D eigenvalue weighted by Crippen LogP contribution is -2.37. The number of amides is 1. The van der Waals surface area contributed by atoms with Gasteiger partial charge in [0.25, 0.3) is 0 Å². The third-order valence-electron chi connectivity index (χ3n) is 2.80. The monoisotopic (exact) mass is 199 g/mol. The third kappa shape index (κ3) is 1.71. The lowest BCUT2D eigenvalue weighted by Gasteiger charge is -2.25. The second-order valence-corrected chi connectivity index (χ2v) is 5.20. The Morgan fingerprint density at radius 1 is 1.36 bits per heavy atom. The van der Waals surface area contributed by atoms with E-state index in [1.54, 1.807) is 4.90 Å². The lowest BCUT2D eigenvalue weighted by molar-refractivity contribution is 0.0249. The second kappa shape index (κ2) is 2.86. The summed E-state index contributed by atoms with van der Waals surface area (Å²) in [6, 6.07) is 0. The highest BCUT2D eigenvalue weighted by Gasteiger charge is 2.56. The largest absolute Gasteiger partial charge is 0.444 e. The highest BCUT2D eigenvalue weighted by molar-refractivity contribution is 5.69. The van der Waals surface area contributed by atoms with Crippen molar-refractivity contribution >= 4 is 6.09 Å². The van der Waals surface area contributed by atoms with Gasteiger partial charge in [-0.3, -0.25) is 0 Å². The molecule has 0 unspecified atom stereocenters. The van der Waals surface area contributed by atoms with E-state index in [-0.39, 0.29) is 12.2 Å². The van der Waals surface area contributed by atoms with Gasteiger partial charge in [0.05, 0.1) is 6.10 Å². The number of ether oxygens (including phenoxy) is 1. The predicted molar refractivity (Wildman–Crippen MR) is 50.8 cm³/mol. The summed E-state index contributed by atoms with van der Waals surface area (Å²) in [7, 11) is 0. The zero-order valence-electron chi connectivity index (χ0n) is 8.86. The maximum Gasteiger partial charge on any atom is 0.410 e. The van der Waals surface area contributed by atoms with E-state index in [0.717, 1.165) is 0 Å². The fraction of sp³-hybridized carbons (Fsp3) is 0.900. The summed E-state index contributed by atoms with van der Waals surface area (Å²) >= 11 is 0. The minimum atomic E-state index is -0.428. The van der Waals surface area contributed by atoms with Crippen LogP contribution >= 0.6 is 0 Å². The first kappa shape index (κ1) is 9.77. The fourth-order valence-electron chi connectivity index (χ4n) is 1.97. The van der Waals surface area contributed by atoms with Crippen molar-refractivity contribution in [1.29, 1.82) is 0 Å². The van der Waals surface area contributed by atoms with Gasteiger partial charge in [0, 0.05) is 24.9 Å². The van der Waals surface area contributed by atoms with Gasteiger partial charge in [0.1, 0.15) is 5.60 Å². The van der Waals surface area contributed by atoms with Crippen molar-refractivity contribution < 1.29 is 14.6 Å². The van der Waals surface area contributed by atoms with Gasteiger partial charge >= 0.3 is 6.09 Å². The van der Waals surface area contributed by atoms with Crippen molar-refractivity contribution in [2.75, 3.05) is 13.1 Å². The molecule has 1 aliphatic heterocycles. The second-order valence-electron chi connectivity index (χ2n) is 5.20. The average Bonchev–Trinajstić information content (AvgIpc) is 2.47. The molecule has 1 aliphatic carbocycles. The van der Waals surface area contributed by atoms with Crippen molar-refractivity contribution in [3.63, 3.8) is 0 Å². The molecule has 2 rings (SSSR count). The van der Waals surface area contributed by atoms with Crippen LogP contribution in [0.1, 0.15) is 20.8 Å². The number of carbonyl (C=O) groups excluding carboxylic acids is 1. The molecule has 80 valence electrons. The molecular weight excluding hydrogens is 182 g/mol. The molecule has 2 aliphatic rings.